The van der Waals surface area contributed by atoms with Gasteiger partial charge in [-0.2, -0.15) is 26.3 Å². The number of alkyl halides is 6. The van der Waals surface area contributed by atoms with Crippen molar-refractivity contribution in [2.24, 2.45) is 0 Å². The molecule has 0 heterocycles. The van der Waals surface area contributed by atoms with Gasteiger partial charge >= 0.3 is 18.3 Å². The first kappa shape index (κ1) is 17.4. The minimum absolute atomic E-state index is 0.0429. The van der Waals surface area contributed by atoms with E-state index >= 15 is 0 Å². The third kappa shape index (κ3) is 5.70. The lowest BCUT2D eigenvalue weighted by Crippen LogP contribution is -2.11. The summed E-state index contributed by atoms with van der Waals surface area (Å²) in [7, 11) is 0. The van der Waals surface area contributed by atoms with Crippen molar-refractivity contribution >= 4 is 17.7 Å². The fraction of sp³-hybridized carbons (Fsp3) is 0.250. The van der Waals surface area contributed by atoms with Crippen LogP contribution in [0, 0.1) is 0 Å². The molecule has 1 aromatic rings. The fourth-order valence-corrected chi connectivity index (χ4v) is 2.02. The SMILES string of the molecule is O=C(O)/C=C\SCc1cc(C(F)(F)F)cc(C(F)(F)F)c1. The highest BCUT2D eigenvalue weighted by Crippen LogP contribution is 2.36. The van der Waals surface area contributed by atoms with E-state index in [0.29, 0.717) is 12.1 Å². The number of benzene rings is 1. The lowest BCUT2D eigenvalue weighted by atomic mass is 10.1. The summed E-state index contributed by atoms with van der Waals surface area (Å²) in [6.45, 7) is 0. The molecule has 1 rings (SSSR count). The lowest BCUT2D eigenvalue weighted by Gasteiger charge is -2.13. The Bertz CT molecular complexity index is 515. The van der Waals surface area contributed by atoms with Gasteiger partial charge in [-0.3, -0.25) is 0 Å². The molecule has 0 aromatic heterocycles. The molecule has 0 amide bonds. The Hall–Kier alpha value is -1.64. The first-order chi connectivity index (χ1) is 9.50. The van der Waals surface area contributed by atoms with Crippen molar-refractivity contribution in [3.63, 3.8) is 0 Å². The molecule has 2 nitrogen and oxygen atoms in total. The minimum atomic E-state index is -4.89. The van der Waals surface area contributed by atoms with Crippen LogP contribution in [-0.4, -0.2) is 11.1 Å². The van der Waals surface area contributed by atoms with Crippen LogP contribution in [-0.2, 0) is 22.9 Å². The van der Waals surface area contributed by atoms with Crippen LogP contribution in [0.3, 0.4) is 0 Å². The van der Waals surface area contributed by atoms with Crippen molar-refractivity contribution in [1.29, 1.82) is 0 Å². The van der Waals surface area contributed by atoms with Crippen LogP contribution in [0.2, 0.25) is 0 Å². The third-order valence-electron chi connectivity index (χ3n) is 2.20. The molecule has 21 heavy (non-hydrogen) atoms. The maximum Gasteiger partial charge on any atom is 0.416 e. The van der Waals surface area contributed by atoms with Gasteiger partial charge in [-0.1, -0.05) is 0 Å². The van der Waals surface area contributed by atoms with Crippen molar-refractivity contribution in [1.82, 2.24) is 0 Å². The van der Waals surface area contributed by atoms with Gasteiger partial charge in [0.15, 0.2) is 0 Å². The Balaban J connectivity index is 3.06. The molecule has 0 saturated carbocycles. The number of carbonyl (C=O) groups is 1. The van der Waals surface area contributed by atoms with Gasteiger partial charge in [0.05, 0.1) is 11.1 Å². The van der Waals surface area contributed by atoms with Gasteiger partial charge in [-0.05, 0) is 29.2 Å². The van der Waals surface area contributed by atoms with Gasteiger partial charge in [0.25, 0.3) is 0 Å². The van der Waals surface area contributed by atoms with Gasteiger partial charge < -0.3 is 5.11 Å². The molecular weight excluding hydrogens is 322 g/mol. The first-order valence-electron chi connectivity index (χ1n) is 5.29. The normalized spacial score (nSPS) is 12.9. The molecule has 0 aliphatic carbocycles. The van der Waals surface area contributed by atoms with Crippen molar-refractivity contribution in [3.8, 4) is 0 Å². The van der Waals surface area contributed by atoms with Gasteiger partial charge in [-0.15, -0.1) is 11.8 Å². The number of halogens is 6. The Labute approximate surface area is 119 Å². The number of aliphatic carboxylic acids is 1. The standard InChI is InChI=1S/C12H8F6O2S/c13-11(14,15)8-3-7(6-21-2-1-10(19)20)4-9(5-8)12(16,17)18/h1-5H,6H2,(H,19,20)/b2-1-. The van der Waals surface area contributed by atoms with Crippen LogP contribution in [0.15, 0.2) is 29.7 Å². The number of carboxylic acid groups (broad SMARTS) is 1. The van der Waals surface area contributed by atoms with Crippen LogP contribution in [0.25, 0.3) is 0 Å². The molecule has 0 aliphatic heterocycles. The molecule has 0 unspecified atom stereocenters. The molecule has 0 fully saturated rings. The Morgan fingerprint density at radius 1 is 1.05 bits per heavy atom. The quantitative estimate of drug-likeness (QED) is 0.650. The molecule has 0 spiro atoms. The second-order valence-electron chi connectivity index (χ2n) is 3.87. The minimum Gasteiger partial charge on any atom is -0.478 e. The molecule has 0 atom stereocenters. The van der Waals surface area contributed by atoms with Gasteiger partial charge in [-0.25, -0.2) is 4.79 Å². The number of hydrogen-bond acceptors (Lipinski definition) is 2. The summed E-state index contributed by atoms with van der Waals surface area (Å²) in [5.74, 6) is -1.47. The first-order valence-corrected chi connectivity index (χ1v) is 6.34. The highest BCUT2D eigenvalue weighted by Gasteiger charge is 2.36. The van der Waals surface area contributed by atoms with Gasteiger partial charge in [0, 0.05) is 11.8 Å². The number of thioether (sulfide) groups is 1. The summed E-state index contributed by atoms with van der Waals surface area (Å²) >= 11 is 0.777. The summed E-state index contributed by atoms with van der Waals surface area (Å²) in [5, 5.41) is 9.39. The van der Waals surface area contributed by atoms with E-state index in [1.165, 1.54) is 0 Å². The van der Waals surface area contributed by atoms with E-state index in [1.807, 2.05) is 0 Å². The monoisotopic (exact) mass is 330 g/mol. The summed E-state index contributed by atoms with van der Waals surface area (Å²) < 4.78 is 75.4. The van der Waals surface area contributed by atoms with E-state index in [0.717, 1.165) is 23.2 Å². The van der Waals surface area contributed by atoms with Crippen LogP contribution in [0.5, 0.6) is 0 Å². The molecule has 116 valence electrons. The highest BCUT2D eigenvalue weighted by atomic mass is 32.2. The number of hydrogen-bond donors (Lipinski definition) is 1. The summed E-state index contributed by atoms with van der Waals surface area (Å²) in [5.41, 5.74) is -2.98. The number of rotatable bonds is 4. The van der Waals surface area contributed by atoms with Crippen molar-refractivity contribution < 1.29 is 36.2 Å². The molecule has 1 N–H and O–H groups in total. The van der Waals surface area contributed by atoms with Crippen molar-refractivity contribution in [3.05, 3.63) is 46.4 Å². The average Bonchev–Trinajstić information content (AvgIpc) is 2.32. The molecular formula is C12H8F6O2S. The zero-order valence-corrected chi connectivity index (χ0v) is 10.9. The van der Waals surface area contributed by atoms with E-state index in [-0.39, 0.29) is 17.4 Å². The maximum absolute atomic E-state index is 12.6. The highest BCUT2D eigenvalue weighted by molar-refractivity contribution is 8.01. The van der Waals surface area contributed by atoms with E-state index in [4.69, 9.17) is 5.11 Å². The topological polar surface area (TPSA) is 37.3 Å². The average molecular weight is 330 g/mol. The van der Waals surface area contributed by atoms with E-state index in [1.54, 1.807) is 0 Å². The van der Waals surface area contributed by atoms with Gasteiger partial charge in [0.1, 0.15) is 0 Å². The zero-order valence-electron chi connectivity index (χ0n) is 10.1. The molecule has 9 heteroatoms. The molecule has 0 aliphatic rings. The smallest absolute Gasteiger partial charge is 0.416 e. The summed E-state index contributed by atoms with van der Waals surface area (Å²) in [6.07, 6.45) is -9.04. The predicted molar refractivity (Wildman–Crippen MR) is 64.5 cm³/mol. The van der Waals surface area contributed by atoms with Crippen molar-refractivity contribution in [2.75, 3.05) is 0 Å². The van der Waals surface area contributed by atoms with Crippen molar-refractivity contribution in [2.45, 2.75) is 18.1 Å². The largest absolute Gasteiger partial charge is 0.478 e. The van der Waals surface area contributed by atoms with Crippen LogP contribution < -0.4 is 0 Å². The predicted octanol–water partition coefficient (Wildman–Crippen LogP) is 4.56. The zero-order chi connectivity index (χ0) is 16.3. The van der Waals surface area contributed by atoms with E-state index in [9.17, 15) is 31.1 Å². The van der Waals surface area contributed by atoms with E-state index < -0.39 is 29.4 Å². The second-order valence-corrected chi connectivity index (χ2v) is 4.76. The Kier molecular flexibility index (Phi) is 5.32. The second kappa shape index (κ2) is 6.42. The molecule has 1 aromatic carbocycles. The van der Waals surface area contributed by atoms with Gasteiger partial charge in [0.2, 0.25) is 0 Å². The summed E-state index contributed by atoms with van der Waals surface area (Å²) in [4.78, 5) is 10.2. The Morgan fingerprint density at radius 2 is 1.52 bits per heavy atom. The summed E-state index contributed by atoms with van der Waals surface area (Å²) in [6, 6.07) is 1.26. The lowest BCUT2D eigenvalue weighted by molar-refractivity contribution is -0.143. The molecule has 0 bridgehead atoms. The van der Waals surface area contributed by atoms with Crippen LogP contribution in [0.1, 0.15) is 16.7 Å². The Morgan fingerprint density at radius 3 is 1.90 bits per heavy atom. The fourth-order valence-electron chi connectivity index (χ4n) is 1.35. The molecule has 0 radical (unpaired) electrons. The maximum atomic E-state index is 12.6. The number of carboxylic acids is 1. The third-order valence-corrected chi connectivity index (χ3v) is 3.03. The molecule has 0 saturated heterocycles. The van der Waals surface area contributed by atoms with Crippen LogP contribution >= 0.6 is 11.8 Å². The van der Waals surface area contributed by atoms with E-state index in [2.05, 4.69) is 0 Å². The van der Waals surface area contributed by atoms with Crippen LogP contribution in [0.4, 0.5) is 26.3 Å².